The van der Waals surface area contributed by atoms with Crippen LogP contribution in [0.3, 0.4) is 0 Å². The normalized spacial score (nSPS) is 19.5. The van der Waals surface area contributed by atoms with Crippen LogP contribution in [0.4, 0.5) is 10.5 Å². The SMILES string of the molecule is CNC(=O)c1ccc(Cl)c(NC(=O)N2CCCC3(CCOCC3)C2)c1. The van der Waals surface area contributed by atoms with Gasteiger partial charge in [0.1, 0.15) is 0 Å². The number of carbonyl (C=O) groups is 2. The summed E-state index contributed by atoms with van der Waals surface area (Å²) in [7, 11) is 1.57. The molecule has 0 atom stereocenters. The highest BCUT2D eigenvalue weighted by Gasteiger charge is 2.38. The highest BCUT2D eigenvalue weighted by Crippen LogP contribution is 2.39. The van der Waals surface area contributed by atoms with Crippen molar-refractivity contribution in [1.82, 2.24) is 10.2 Å². The molecule has 6 nitrogen and oxygen atoms in total. The molecule has 0 aromatic heterocycles. The van der Waals surface area contributed by atoms with Crippen molar-refractivity contribution in [1.29, 1.82) is 0 Å². The molecular weight excluding hydrogens is 342 g/mol. The molecule has 2 heterocycles. The Morgan fingerprint density at radius 3 is 2.72 bits per heavy atom. The fourth-order valence-corrected chi connectivity index (χ4v) is 3.86. The number of nitrogens with zero attached hydrogens (tertiary/aromatic N) is 1. The lowest BCUT2D eigenvalue weighted by Crippen LogP contribution is -2.49. The first-order valence-corrected chi connectivity index (χ1v) is 9.06. The van der Waals surface area contributed by atoms with Gasteiger partial charge in [0.25, 0.3) is 5.91 Å². The molecule has 136 valence electrons. The number of hydrogen-bond acceptors (Lipinski definition) is 3. The number of halogens is 1. The number of ether oxygens (including phenoxy) is 1. The summed E-state index contributed by atoms with van der Waals surface area (Å²) in [5, 5.41) is 5.85. The molecule has 0 radical (unpaired) electrons. The summed E-state index contributed by atoms with van der Waals surface area (Å²) in [6.07, 6.45) is 4.15. The van der Waals surface area contributed by atoms with Gasteiger partial charge in [-0.3, -0.25) is 4.79 Å². The number of piperidine rings is 1. The van der Waals surface area contributed by atoms with Crippen molar-refractivity contribution >= 4 is 29.2 Å². The Morgan fingerprint density at radius 1 is 1.24 bits per heavy atom. The molecule has 3 amide bonds. The molecule has 2 N–H and O–H groups in total. The van der Waals surface area contributed by atoms with Crippen LogP contribution in [0.2, 0.25) is 5.02 Å². The number of rotatable bonds is 2. The van der Waals surface area contributed by atoms with Crippen molar-refractivity contribution < 1.29 is 14.3 Å². The predicted octanol–water partition coefficient (Wildman–Crippen LogP) is 3.12. The highest BCUT2D eigenvalue weighted by atomic mass is 35.5. The maximum absolute atomic E-state index is 12.7. The van der Waals surface area contributed by atoms with Crippen LogP contribution in [0.1, 0.15) is 36.0 Å². The van der Waals surface area contributed by atoms with Crippen LogP contribution < -0.4 is 10.6 Å². The smallest absolute Gasteiger partial charge is 0.321 e. The minimum Gasteiger partial charge on any atom is -0.381 e. The molecule has 2 aliphatic heterocycles. The number of hydrogen-bond donors (Lipinski definition) is 2. The summed E-state index contributed by atoms with van der Waals surface area (Å²) in [4.78, 5) is 26.4. The molecule has 1 spiro atoms. The molecule has 1 aromatic rings. The van der Waals surface area contributed by atoms with Crippen LogP contribution in [0, 0.1) is 5.41 Å². The lowest BCUT2D eigenvalue weighted by Gasteiger charge is -2.45. The Bertz CT molecular complexity index is 653. The fourth-order valence-electron chi connectivity index (χ4n) is 3.69. The van der Waals surface area contributed by atoms with Gasteiger partial charge in [-0.1, -0.05) is 11.6 Å². The van der Waals surface area contributed by atoms with Gasteiger partial charge in [-0.25, -0.2) is 4.79 Å². The van der Waals surface area contributed by atoms with Gasteiger partial charge in [-0.2, -0.15) is 0 Å². The van der Waals surface area contributed by atoms with Crippen molar-refractivity contribution in [2.45, 2.75) is 25.7 Å². The second-order valence-electron chi connectivity index (χ2n) is 6.84. The predicted molar refractivity (Wildman–Crippen MR) is 97.2 cm³/mol. The lowest BCUT2D eigenvalue weighted by molar-refractivity contribution is -0.0175. The zero-order valence-electron chi connectivity index (χ0n) is 14.4. The molecule has 1 aromatic carbocycles. The Labute approximate surface area is 152 Å². The Hall–Kier alpha value is -1.79. The maximum atomic E-state index is 12.7. The lowest BCUT2D eigenvalue weighted by atomic mass is 9.74. The summed E-state index contributed by atoms with van der Waals surface area (Å²) in [6, 6.07) is 4.70. The number of likely N-dealkylation sites (tertiary alicyclic amines) is 1. The minimum atomic E-state index is -0.216. The van der Waals surface area contributed by atoms with Crippen LogP contribution in [0.25, 0.3) is 0 Å². The number of urea groups is 1. The van der Waals surface area contributed by atoms with Gasteiger partial charge in [-0.05, 0) is 49.3 Å². The van der Waals surface area contributed by atoms with Crippen molar-refractivity contribution in [3.05, 3.63) is 28.8 Å². The van der Waals surface area contributed by atoms with Gasteiger partial charge in [0.15, 0.2) is 0 Å². The number of anilines is 1. The molecule has 2 fully saturated rings. The zero-order valence-corrected chi connectivity index (χ0v) is 15.2. The van der Waals surface area contributed by atoms with Gasteiger partial charge < -0.3 is 20.3 Å². The summed E-state index contributed by atoms with van der Waals surface area (Å²) < 4.78 is 5.48. The van der Waals surface area contributed by atoms with E-state index in [2.05, 4.69) is 10.6 Å². The summed E-state index contributed by atoms with van der Waals surface area (Å²) >= 11 is 6.19. The molecular formula is C18H24ClN3O3. The van der Waals surface area contributed by atoms with Gasteiger partial charge >= 0.3 is 6.03 Å². The minimum absolute atomic E-state index is 0.165. The molecule has 0 bridgehead atoms. The van der Waals surface area contributed by atoms with E-state index in [1.165, 1.54) is 0 Å². The van der Waals surface area contributed by atoms with Gasteiger partial charge in [0.2, 0.25) is 0 Å². The standard InChI is InChI=1S/C18H24ClN3O3/c1-20-16(23)13-3-4-14(19)15(11-13)21-17(24)22-8-2-5-18(12-22)6-9-25-10-7-18/h3-4,11H,2,5-10,12H2,1H3,(H,20,23)(H,21,24). The van der Waals surface area contributed by atoms with Gasteiger partial charge in [0.05, 0.1) is 10.7 Å². The molecule has 0 saturated carbocycles. The van der Waals surface area contributed by atoms with Crippen molar-refractivity contribution in [3.63, 3.8) is 0 Å². The first-order valence-electron chi connectivity index (χ1n) is 8.68. The molecule has 25 heavy (non-hydrogen) atoms. The molecule has 2 saturated heterocycles. The van der Waals surface area contributed by atoms with E-state index in [0.29, 0.717) is 16.3 Å². The summed E-state index contributed by atoms with van der Waals surface area (Å²) in [5.74, 6) is -0.216. The monoisotopic (exact) mass is 365 g/mol. The van der Waals surface area contributed by atoms with Crippen molar-refractivity contribution in [2.24, 2.45) is 5.41 Å². The zero-order chi connectivity index (χ0) is 17.9. The van der Waals surface area contributed by atoms with E-state index < -0.39 is 0 Å². The topological polar surface area (TPSA) is 70.7 Å². The summed E-state index contributed by atoms with van der Waals surface area (Å²) in [5.41, 5.74) is 1.10. The second kappa shape index (κ2) is 7.62. The van der Waals surface area contributed by atoms with E-state index in [4.69, 9.17) is 16.3 Å². The van der Waals surface area contributed by atoms with E-state index in [9.17, 15) is 9.59 Å². The third kappa shape index (κ3) is 4.07. The first kappa shape index (κ1) is 18.0. The molecule has 0 unspecified atom stereocenters. The van der Waals surface area contributed by atoms with Crippen LogP contribution in [0.15, 0.2) is 18.2 Å². The second-order valence-corrected chi connectivity index (χ2v) is 7.25. The fraction of sp³-hybridized carbons (Fsp3) is 0.556. The number of amides is 3. The Morgan fingerprint density at radius 2 is 2.00 bits per heavy atom. The first-order chi connectivity index (χ1) is 12.0. The summed E-state index contributed by atoms with van der Waals surface area (Å²) in [6.45, 7) is 3.03. The van der Waals surface area contributed by atoms with Gasteiger partial charge in [-0.15, -0.1) is 0 Å². The van der Waals surface area contributed by atoms with E-state index >= 15 is 0 Å². The van der Waals surface area contributed by atoms with E-state index in [1.54, 1.807) is 25.2 Å². The number of carbonyl (C=O) groups excluding carboxylic acids is 2. The van der Waals surface area contributed by atoms with Crippen LogP contribution in [0.5, 0.6) is 0 Å². The number of nitrogens with one attached hydrogen (secondary N) is 2. The molecule has 7 heteroatoms. The van der Waals surface area contributed by atoms with Crippen LogP contribution >= 0.6 is 11.6 Å². The third-order valence-corrected chi connectivity index (χ3v) is 5.53. The van der Waals surface area contributed by atoms with Crippen LogP contribution in [-0.4, -0.2) is 50.2 Å². The number of benzene rings is 1. The van der Waals surface area contributed by atoms with E-state index in [-0.39, 0.29) is 17.4 Å². The largest absolute Gasteiger partial charge is 0.381 e. The molecule has 2 aliphatic rings. The maximum Gasteiger partial charge on any atom is 0.321 e. The quantitative estimate of drug-likeness (QED) is 0.845. The van der Waals surface area contributed by atoms with Crippen molar-refractivity contribution in [3.8, 4) is 0 Å². The average Bonchev–Trinajstić information content (AvgIpc) is 2.63. The Kier molecular flexibility index (Phi) is 5.49. The average molecular weight is 366 g/mol. The van der Waals surface area contributed by atoms with Crippen LogP contribution in [-0.2, 0) is 4.74 Å². The van der Waals surface area contributed by atoms with Gasteiger partial charge in [0, 0.05) is 38.9 Å². The molecule has 3 rings (SSSR count). The van der Waals surface area contributed by atoms with Crippen molar-refractivity contribution in [2.75, 3.05) is 38.7 Å². The van der Waals surface area contributed by atoms with E-state index in [1.807, 2.05) is 4.90 Å². The Balaban J connectivity index is 1.70. The third-order valence-electron chi connectivity index (χ3n) is 5.20. The van der Waals surface area contributed by atoms with E-state index in [0.717, 1.165) is 52.0 Å². The highest BCUT2D eigenvalue weighted by molar-refractivity contribution is 6.33. The molecule has 0 aliphatic carbocycles.